The number of nitrogens with one attached hydrogen (secondary N) is 2. The van der Waals surface area contributed by atoms with Crippen LogP contribution in [0.3, 0.4) is 0 Å². The third-order valence-corrected chi connectivity index (χ3v) is 3.58. The van der Waals surface area contributed by atoms with E-state index in [4.69, 9.17) is 0 Å². The molecule has 2 aromatic carbocycles. The number of carbonyl (C=O) groups is 2. The topological polar surface area (TPSA) is 74.8 Å². The molecule has 0 bridgehead atoms. The molecular weight excluding hydrogens is 290 g/mol. The molecule has 0 aliphatic carbocycles. The molecule has 4 N–H and O–H groups in total. The summed E-state index contributed by atoms with van der Waals surface area (Å²) in [6, 6.07) is 16.6. The minimum atomic E-state index is -0.477. The average Bonchev–Trinajstić information content (AvgIpc) is 2.58. The number of rotatable bonds is 6. The number of carbonyl (C=O) groups excluding carboxylic acids is 2. The second-order valence-corrected chi connectivity index (χ2v) is 5.36. The van der Waals surface area contributed by atoms with E-state index in [9.17, 15) is 9.59 Å². The van der Waals surface area contributed by atoms with Gasteiger partial charge < -0.3 is 16.0 Å². The Bertz CT molecular complexity index is 654. The Morgan fingerprint density at radius 2 is 1.70 bits per heavy atom. The molecule has 0 spiro atoms. The molecule has 2 rings (SSSR count). The summed E-state index contributed by atoms with van der Waals surface area (Å²) in [6.45, 7) is 2.19. The van der Waals surface area contributed by atoms with Crippen molar-refractivity contribution in [3.8, 4) is 0 Å². The number of anilines is 1. The first-order valence-electron chi connectivity index (χ1n) is 7.56. The van der Waals surface area contributed by atoms with E-state index < -0.39 is 6.04 Å². The van der Waals surface area contributed by atoms with E-state index in [0.717, 1.165) is 16.8 Å². The molecule has 0 radical (unpaired) electrons. The Morgan fingerprint density at radius 1 is 1.04 bits per heavy atom. The first kappa shape index (κ1) is 16.7. The standard InChI is InChI=1S/C18H21N3O2/c1-13-8-10-15(11-9-13)21-18(23)17(20-12-16(22)19-2)14-6-4-3-5-7-14/h3-11,17,20H,12H2,1-2H3,(H,19,22)(H,21,23)/p+1/t17-/m1/s1. The summed E-state index contributed by atoms with van der Waals surface area (Å²) >= 11 is 0. The van der Waals surface area contributed by atoms with Crippen LogP contribution in [0.2, 0.25) is 0 Å². The van der Waals surface area contributed by atoms with Gasteiger partial charge in [0.1, 0.15) is 0 Å². The molecule has 0 aromatic heterocycles. The first-order chi connectivity index (χ1) is 11.1. The van der Waals surface area contributed by atoms with Crippen LogP contribution in [0.5, 0.6) is 0 Å². The molecule has 5 heteroatoms. The molecule has 0 saturated heterocycles. The molecule has 2 aromatic rings. The van der Waals surface area contributed by atoms with Crippen molar-refractivity contribution in [1.29, 1.82) is 0 Å². The molecule has 0 aliphatic heterocycles. The van der Waals surface area contributed by atoms with E-state index in [0.29, 0.717) is 0 Å². The summed E-state index contributed by atoms with van der Waals surface area (Å²) < 4.78 is 0. The lowest BCUT2D eigenvalue weighted by atomic mass is 10.1. The van der Waals surface area contributed by atoms with Gasteiger partial charge in [0.15, 0.2) is 12.6 Å². The van der Waals surface area contributed by atoms with Gasteiger partial charge in [-0.15, -0.1) is 0 Å². The van der Waals surface area contributed by atoms with Crippen molar-refractivity contribution < 1.29 is 14.9 Å². The lowest BCUT2D eigenvalue weighted by molar-refractivity contribution is -0.672. The molecule has 23 heavy (non-hydrogen) atoms. The zero-order valence-electron chi connectivity index (χ0n) is 13.4. The van der Waals surface area contributed by atoms with E-state index in [2.05, 4.69) is 10.6 Å². The van der Waals surface area contributed by atoms with Crippen molar-refractivity contribution in [1.82, 2.24) is 5.32 Å². The SMILES string of the molecule is CNC(=O)C[NH2+][C@@H](C(=O)Nc1ccc(C)cc1)c1ccccc1. The smallest absolute Gasteiger partial charge is 0.287 e. The molecule has 120 valence electrons. The third kappa shape index (κ3) is 4.93. The minimum absolute atomic E-state index is 0.117. The third-order valence-electron chi connectivity index (χ3n) is 3.58. The number of hydrogen-bond acceptors (Lipinski definition) is 2. The van der Waals surface area contributed by atoms with Gasteiger partial charge in [-0.1, -0.05) is 48.0 Å². The van der Waals surface area contributed by atoms with E-state index in [1.54, 1.807) is 12.4 Å². The molecule has 0 saturated carbocycles. The largest absolute Gasteiger partial charge is 0.354 e. The van der Waals surface area contributed by atoms with Crippen LogP contribution in [0.15, 0.2) is 54.6 Å². The zero-order chi connectivity index (χ0) is 16.7. The predicted molar refractivity (Wildman–Crippen MR) is 89.9 cm³/mol. The lowest BCUT2D eigenvalue weighted by Gasteiger charge is -2.15. The second kappa shape index (κ2) is 8.10. The highest BCUT2D eigenvalue weighted by molar-refractivity contribution is 5.94. The van der Waals surface area contributed by atoms with Crippen LogP contribution in [-0.4, -0.2) is 25.4 Å². The van der Waals surface area contributed by atoms with Crippen LogP contribution in [0.25, 0.3) is 0 Å². The van der Waals surface area contributed by atoms with Crippen LogP contribution in [0, 0.1) is 6.92 Å². The van der Waals surface area contributed by atoms with Crippen molar-refractivity contribution in [3.05, 3.63) is 65.7 Å². The highest BCUT2D eigenvalue weighted by atomic mass is 16.2. The maximum atomic E-state index is 12.6. The van der Waals surface area contributed by atoms with Crippen molar-refractivity contribution in [2.45, 2.75) is 13.0 Å². The van der Waals surface area contributed by atoms with Crippen LogP contribution in [0.4, 0.5) is 5.69 Å². The number of aryl methyl sites for hydroxylation is 1. The molecule has 1 atom stereocenters. The quantitative estimate of drug-likeness (QED) is 0.744. The molecule has 0 aliphatic rings. The first-order valence-corrected chi connectivity index (χ1v) is 7.56. The highest BCUT2D eigenvalue weighted by Crippen LogP contribution is 2.13. The molecule has 0 unspecified atom stereocenters. The van der Waals surface area contributed by atoms with E-state index in [1.165, 1.54) is 0 Å². The van der Waals surface area contributed by atoms with Crippen molar-refractivity contribution in [2.24, 2.45) is 0 Å². The van der Waals surface area contributed by atoms with Crippen molar-refractivity contribution in [2.75, 3.05) is 18.9 Å². The monoisotopic (exact) mass is 312 g/mol. The molecular formula is C18H22N3O2+. The summed E-state index contributed by atoms with van der Waals surface area (Å²) in [5.74, 6) is -0.266. The Morgan fingerprint density at radius 3 is 2.30 bits per heavy atom. The molecule has 5 nitrogen and oxygen atoms in total. The van der Waals surface area contributed by atoms with Gasteiger partial charge in [-0.2, -0.15) is 0 Å². The Balaban J connectivity index is 2.13. The van der Waals surface area contributed by atoms with Crippen LogP contribution in [-0.2, 0) is 9.59 Å². The number of quaternary nitrogens is 1. The van der Waals surface area contributed by atoms with E-state index >= 15 is 0 Å². The number of amides is 2. The van der Waals surface area contributed by atoms with Gasteiger partial charge >= 0.3 is 0 Å². The fraction of sp³-hybridized carbons (Fsp3) is 0.222. The summed E-state index contributed by atoms with van der Waals surface area (Å²) in [7, 11) is 1.58. The van der Waals surface area contributed by atoms with Crippen LogP contribution < -0.4 is 16.0 Å². The summed E-state index contributed by atoms with van der Waals surface area (Å²) in [4.78, 5) is 24.1. The molecule has 0 fully saturated rings. The Labute approximate surface area is 136 Å². The molecule has 2 amide bonds. The number of benzene rings is 2. The average molecular weight is 312 g/mol. The Hall–Kier alpha value is -2.66. The van der Waals surface area contributed by atoms with Gasteiger partial charge in [0.05, 0.1) is 0 Å². The number of nitrogens with two attached hydrogens (primary N) is 1. The predicted octanol–water partition coefficient (Wildman–Crippen LogP) is 0.984. The maximum absolute atomic E-state index is 12.6. The fourth-order valence-electron chi connectivity index (χ4n) is 2.24. The minimum Gasteiger partial charge on any atom is -0.354 e. The van der Waals surface area contributed by atoms with Crippen LogP contribution in [0.1, 0.15) is 17.2 Å². The van der Waals surface area contributed by atoms with E-state index in [-0.39, 0.29) is 18.4 Å². The van der Waals surface area contributed by atoms with Crippen LogP contribution >= 0.6 is 0 Å². The highest BCUT2D eigenvalue weighted by Gasteiger charge is 2.24. The second-order valence-electron chi connectivity index (χ2n) is 5.36. The van der Waals surface area contributed by atoms with Crippen molar-refractivity contribution >= 4 is 17.5 Å². The fourth-order valence-corrected chi connectivity index (χ4v) is 2.24. The summed E-state index contributed by atoms with van der Waals surface area (Å²) in [5, 5.41) is 7.21. The molecule has 0 heterocycles. The van der Waals surface area contributed by atoms with Gasteiger partial charge in [0.25, 0.3) is 11.8 Å². The summed E-state index contributed by atoms with van der Waals surface area (Å²) in [5.41, 5.74) is 2.74. The van der Waals surface area contributed by atoms with Gasteiger partial charge in [0.2, 0.25) is 0 Å². The summed E-state index contributed by atoms with van der Waals surface area (Å²) in [6.07, 6.45) is 0. The van der Waals surface area contributed by atoms with Gasteiger partial charge in [-0.05, 0) is 19.1 Å². The normalized spacial score (nSPS) is 11.6. The van der Waals surface area contributed by atoms with Crippen molar-refractivity contribution in [3.63, 3.8) is 0 Å². The Kier molecular flexibility index (Phi) is 5.88. The van der Waals surface area contributed by atoms with E-state index in [1.807, 2.05) is 61.5 Å². The number of likely N-dealkylation sites (N-methyl/N-ethyl adjacent to an activating group) is 1. The number of hydrogen-bond donors (Lipinski definition) is 3. The van der Waals surface area contributed by atoms with Gasteiger partial charge in [0, 0.05) is 18.3 Å². The maximum Gasteiger partial charge on any atom is 0.287 e. The van der Waals surface area contributed by atoms with Gasteiger partial charge in [-0.25, -0.2) is 0 Å². The lowest BCUT2D eigenvalue weighted by Crippen LogP contribution is -2.89. The van der Waals surface area contributed by atoms with Gasteiger partial charge in [-0.3, -0.25) is 9.59 Å². The zero-order valence-corrected chi connectivity index (χ0v) is 13.4.